The Balaban J connectivity index is 2.77. The molecule has 23 heavy (non-hydrogen) atoms. The highest BCUT2D eigenvalue weighted by Gasteiger charge is 2.33. The summed E-state index contributed by atoms with van der Waals surface area (Å²) in [5.74, 6) is 0.612. The monoisotopic (exact) mass is 318 g/mol. The molecule has 1 heteroatoms. The maximum atomic E-state index is 6.52. The quantitative estimate of drug-likeness (QED) is 0.402. The average molecular weight is 319 g/mol. The summed E-state index contributed by atoms with van der Waals surface area (Å²) < 4.78 is 6.52. The molecule has 0 heterocycles. The summed E-state index contributed by atoms with van der Waals surface area (Å²) >= 11 is 0. The van der Waals surface area contributed by atoms with Gasteiger partial charge in [0.05, 0.1) is 12.7 Å². The molecule has 0 spiro atoms. The summed E-state index contributed by atoms with van der Waals surface area (Å²) in [6.07, 6.45) is 8.00. The molecule has 0 amide bonds. The van der Waals surface area contributed by atoms with E-state index < -0.39 is 0 Å². The van der Waals surface area contributed by atoms with Gasteiger partial charge in [-0.1, -0.05) is 84.6 Å². The number of aryl methyl sites for hydroxylation is 1. The number of ether oxygens (including phenoxy) is 1. The van der Waals surface area contributed by atoms with Crippen LogP contribution in [0.2, 0.25) is 0 Å². The van der Waals surface area contributed by atoms with Crippen molar-refractivity contribution in [2.75, 3.05) is 0 Å². The number of unbranched alkanes of at least 4 members (excludes halogenated alkanes) is 2. The molecule has 0 saturated heterocycles. The van der Waals surface area contributed by atoms with Crippen molar-refractivity contribution in [1.29, 1.82) is 0 Å². The zero-order chi connectivity index (χ0) is 17.3. The van der Waals surface area contributed by atoms with Gasteiger partial charge in [0.1, 0.15) is 0 Å². The van der Waals surface area contributed by atoms with Crippen LogP contribution in [0.1, 0.15) is 84.3 Å². The van der Waals surface area contributed by atoms with E-state index in [2.05, 4.69) is 65.8 Å². The third-order valence-electron chi connectivity index (χ3n) is 5.14. The lowest BCUT2D eigenvalue weighted by Gasteiger charge is -2.38. The zero-order valence-corrected chi connectivity index (χ0v) is 16.3. The molecule has 2 unspecified atom stereocenters. The third kappa shape index (κ3) is 6.67. The van der Waals surface area contributed by atoms with Gasteiger partial charge in [0, 0.05) is 0 Å². The standard InChI is InChI=1S/C22H38O/c1-7-9-12-16-22(5,6)21(19(4)13-8-2)23-17-20-15-11-10-14-18(20)3/h10-11,14-15,19,21H,7-9,12-13,16-17H2,1-6H3. The first-order chi connectivity index (χ1) is 10.9. The average Bonchev–Trinajstić information content (AvgIpc) is 2.49. The van der Waals surface area contributed by atoms with E-state index in [1.165, 1.54) is 49.7 Å². The first-order valence-electron chi connectivity index (χ1n) is 9.58. The Labute approximate surface area is 144 Å². The minimum absolute atomic E-state index is 0.243. The van der Waals surface area contributed by atoms with Gasteiger partial charge in [-0.25, -0.2) is 0 Å². The van der Waals surface area contributed by atoms with Crippen LogP contribution in [0.4, 0.5) is 0 Å². The lowest BCUT2D eigenvalue weighted by atomic mass is 9.75. The molecule has 0 saturated carbocycles. The molecular formula is C22H38O. The summed E-state index contributed by atoms with van der Waals surface area (Å²) in [5.41, 5.74) is 2.90. The molecule has 0 fully saturated rings. The fourth-order valence-electron chi connectivity index (χ4n) is 3.69. The molecule has 1 aromatic rings. The molecule has 0 radical (unpaired) electrons. The minimum atomic E-state index is 0.243. The van der Waals surface area contributed by atoms with Crippen LogP contribution in [0.25, 0.3) is 0 Å². The molecule has 0 aliphatic rings. The number of hydrogen-bond donors (Lipinski definition) is 0. The van der Waals surface area contributed by atoms with E-state index in [1.54, 1.807) is 0 Å². The summed E-state index contributed by atoms with van der Waals surface area (Å²) in [7, 11) is 0. The molecule has 0 aromatic heterocycles. The molecule has 2 atom stereocenters. The van der Waals surface area contributed by atoms with Crippen LogP contribution >= 0.6 is 0 Å². The van der Waals surface area contributed by atoms with Crippen molar-refractivity contribution in [3.05, 3.63) is 35.4 Å². The topological polar surface area (TPSA) is 9.23 Å². The third-order valence-corrected chi connectivity index (χ3v) is 5.14. The van der Waals surface area contributed by atoms with Gasteiger partial charge < -0.3 is 4.74 Å². The predicted molar refractivity (Wildman–Crippen MR) is 102 cm³/mol. The van der Waals surface area contributed by atoms with Gasteiger partial charge in [-0.2, -0.15) is 0 Å². The van der Waals surface area contributed by atoms with Crippen LogP contribution < -0.4 is 0 Å². The second-order valence-corrected chi connectivity index (χ2v) is 7.87. The van der Waals surface area contributed by atoms with Gasteiger partial charge in [-0.05, 0) is 42.2 Å². The molecule has 1 aromatic carbocycles. The van der Waals surface area contributed by atoms with E-state index in [1.807, 2.05) is 0 Å². The Morgan fingerprint density at radius 3 is 2.35 bits per heavy atom. The van der Waals surface area contributed by atoms with Crippen molar-refractivity contribution in [3.8, 4) is 0 Å². The highest BCUT2D eigenvalue weighted by Crippen LogP contribution is 2.36. The Kier molecular flexibility index (Phi) is 8.91. The molecule has 0 aliphatic carbocycles. The van der Waals surface area contributed by atoms with E-state index >= 15 is 0 Å². The van der Waals surface area contributed by atoms with Gasteiger partial charge in [0.25, 0.3) is 0 Å². The van der Waals surface area contributed by atoms with Crippen molar-refractivity contribution in [2.45, 2.75) is 92.8 Å². The maximum Gasteiger partial charge on any atom is 0.0723 e. The largest absolute Gasteiger partial charge is 0.373 e. The van der Waals surface area contributed by atoms with Gasteiger partial charge in [0.2, 0.25) is 0 Å². The van der Waals surface area contributed by atoms with Gasteiger partial charge in [-0.3, -0.25) is 0 Å². The van der Waals surface area contributed by atoms with Crippen molar-refractivity contribution in [2.24, 2.45) is 11.3 Å². The van der Waals surface area contributed by atoms with Crippen molar-refractivity contribution >= 4 is 0 Å². The molecule has 0 bridgehead atoms. The van der Waals surface area contributed by atoms with Gasteiger partial charge in [0.15, 0.2) is 0 Å². The zero-order valence-electron chi connectivity index (χ0n) is 16.3. The Morgan fingerprint density at radius 2 is 1.74 bits per heavy atom. The van der Waals surface area contributed by atoms with Crippen LogP contribution in [-0.2, 0) is 11.3 Å². The second-order valence-electron chi connectivity index (χ2n) is 7.87. The van der Waals surface area contributed by atoms with Gasteiger partial charge >= 0.3 is 0 Å². The van der Waals surface area contributed by atoms with Gasteiger partial charge in [-0.15, -0.1) is 0 Å². The highest BCUT2D eigenvalue weighted by molar-refractivity contribution is 5.24. The lowest BCUT2D eigenvalue weighted by molar-refractivity contribution is -0.0730. The first kappa shape index (κ1) is 20.2. The van der Waals surface area contributed by atoms with Crippen LogP contribution in [-0.4, -0.2) is 6.10 Å². The Bertz CT molecular complexity index is 435. The molecular weight excluding hydrogens is 280 g/mol. The van der Waals surface area contributed by atoms with Crippen molar-refractivity contribution in [3.63, 3.8) is 0 Å². The summed E-state index contributed by atoms with van der Waals surface area (Å²) in [4.78, 5) is 0. The van der Waals surface area contributed by atoms with E-state index in [4.69, 9.17) is 4.74 Å². The number of rotatable bonds is 11. The fraction of sp³-hybridized carbons (Fsp3) is 0.727. The van der Waals surface area contributed by atoms with E-state index in [0.29, 0.717) is 12.0 Å². The Hall–Kier alpha value is -0.820. The normalized spacial score (nSPS) is 14.7. The first-order valence-corrected chi connectivity index (χ1v) is 9.58. The number of hydrogen-bond acceptors (Lipinski definition) is 1. The lowest BCUT2D eigenvalue weighted by Crippen LogP contribution is -2.37. The van der Waals surface area contributed by atoms with E-state index in [9.17, 15) is 0 Å². The summed E-state index contributed by atoms with van der Waals surface area (Å²) in [5, 5.41) is 0. The summed E-state index contributed by atoms with van der Waals surface area (Å²) in [6, 6.07) is 8.59. The minimum Gasteiger partial charge on any atom is -0.373 e. The smallest absolute Gasteiger partial charge is 0.0723 e. The molecule has 0 aliphatic heterocycles. The molecule has 1 rings (SSSR count). The predicted octanol–water partition coefficient (Wildman–Crippen LogP) is 6.92. The van der Waals surface area contributed by atoms with Crippen LogP contribution in [0.15, 0.2) is 24.3 Å². The van der Waals surface area contributed by atoms with Crippen molar-refractivity contribution in [1.82, 2.24) is 0 Å². The molecule has 0 N–H and O–H groups in total. The fourth-order valence-corrected chi connectivity index (χ4v) is 3.69. The van der Waals surface area contributed by atoms with Crippen LogP contribution in [0.3, 0.4) is 0 Å². The van der Waals surface area contributed by atoms with Crippen LogP contribution in [0, 0.1) is 18.3 Å². The van der Waals surface area contributed by atoms with Crippen molar-refractivity contribution < 1.29 is 4.74 Å². The maximum absolute atomic E-state index is 6.52. The SMILES string of the molecule is CCCCCC(C)(C)C(OCc1ccccc1C)C(C)CCC. The second kappa shape index (κ2) is 10.1. The molecule has 1 nitrogen and oxygen atoms in total. The Morgan fingerprint density at radius 1 is 1.04 bits per heavy atom. The highest BCUT2D eigenvalue weighted by atomic mass is 16.5. The summed E-state index contributed by atoms with van der Waals surface area (Å²) in [6.45, 7) is 14.6. The van der Waals surface area contributed by atoms with E-state index in [-0.39, 0.29) is 5.41 Å². The van der Waals surface area contributed by atoms with Crippen LogP contribution in [0.5, 0.6) is 0 Å². The number of benzene rings is 1. The van der Waals surface area contributed by atoms with E-state index in [0.717, 1.165) is 6.61 Å². The molecule has 132 valence electrons.